The van der Waals surface area contributed by atoms with Gasteiger partial charge in [0.15, 0.2) is 0 Å². The maximum absolute atomic E-state index is 9.33. The van der Waals surface area contributed by atoms with Crippen LogP contribution in [0.4, 0.5) is 5.69 Å². The molecule has 1 aromatic rings. The predicted octanol–water partition coefficient (Wildman–Crippen LogP) is 2.18. The highest BCUT2D eigenvalue weighted by atomic mass is 16.3. The molecule has 0 aromatic heterocycles. The molecule has 0 amide bonds. The summed E-state index contributed by atoms with van der Waals surface area (Å²) in [6.45, 7) is 7.47. The number of nitrogens with one attached hydrogen (secondary N) is 1. The average molecular weight is 250 g/mol. The van der Waals surface area contributed by atoms with Crippen LogP contribution in [0.3, 0.4) is 0 Å². The third-order valence-corrected chi connectivity index (χ3v) is 3.13. The lowest BCUT2D eigenvalue weighted by atomic mass is 10.1. The molecule has 1 aromatic carbocycles. The van der Waals surface area contributed by atoms with Crippen molar-refractivity contribution in [3.05, 3.63) is 29.8 Å². The number of anilines is 1. The molecular weight excluding hydrogens is 224 g/mol. The Labute approximate surface area is 111 Å². The molecule has 0 saturated heterocycles. The Morgan fingerprint density at radius 2 is 1.94 bits per heavy atom. The van der Waals surface area contributed by atoms with Crippen molar-refractivity contribution in [2.45, 2.75) is 39.3 Å². The van der Waals surface area contributed by atoms with E-state index in [1.54, 1.807) is 0 Å². The van der Waals surface area contributed by atoms with Gasteiger partial charge in [-0.15, -0.1) is 0 Å². The lowest BCUT2D eigenvalue weighted by Gasteiger charge is -2.25. The maximum Gasteiger partial charge on any atom is 0.0585 e. The molecule has 0 aliphatic carbocycles. The zero-order valence-corrected chi connectivity index (χ0v) is 12.0. The van der Waals surface area contributed by atoms with Crippen LogP contribution in [0.1, 0.15) is 25.8 Å². The smallest absolute Gasteiger partial charge is 0.0585 e. The molecule has 0 fully saturated rings. The molecule has 0 saturated carbocycles. The Kier molecular flexibility index (Phi) is 6.16. The van der Waals surface area contributed by atoms with Gasteiger partial charge in [0.1, 0.15) is 0 Å². The number of aliphatic hydroxyl groups excluding tert-OH is 1. The van der Waals surface area contributed by atoms with Crippen molar-refractivity contribution < 1.29 is 5.11 Å². The van der Waals surface area contributed by atoms with Gasteiger partial charge in [0.2, 0.25) is 0 Å². The van der Waals surface area contributed by atoms with E-state index in [2.05, 4.69) is 62.3 Å². The Hall–Kier alpha value is -1.06. The van der Waals surface area contributed by atoms with Gasteiger partial charge < -0.3 is 15.3 Å². The average Bonchev–Trinajstić information content (AvgIpc) is 2.34. The Morgan fingerprint density at radius 3 is 2.50 bits per heavy atom. The molecule has 3 heteroatoms. The van der Waals surface area contributed by atoms with Crippen LogP contribution in [0.15, 0.2) is 24.3 Å². The standard InChI is InChI=1S/C15H26N2O/c1-12(2)16-14(11-18)9-10-17(4)15-8-6-5-7-13(15)3/h5-8,12,14,16,18H,9-11H2,1-4H3. The lowest BCUT2D eigenvalue weighted by Crippen LogP contribution is -2.39. The van der Waals surface area contributed by atoms with Gasteiger partial charge in [0, 0.05) is 31.4 Å². The quantitative estimate of drug-likeness (QED) is 0.778. The minimum Gasteiger partial charge on any atom is -0.395 e. The van der Waals surface area contributed by atoms with Crippen molar-refractivity contribution >= 4 is 5.69 Å². The topological polar surface area (TPSA) is 35.5 Å². The van der Waals surface area contributed by atoms with Crippen LogP contribution >= 0.6 is 0 Å². The zero-order valence-electron chi connectivity index (χ0n) is 12.0. The van der Waals surface area contributed by atoms with E-state index in [4.69, 9.17) is 0 Å². The molecule has 0 bridgehead atoms. The summed E-state index contributed by atoms with van der Waals surface area (Å²) >= 11 is 0. The monoisotopic (exact) mass is 250 g/mol. The molecule has 0 radical (unpaired) electrons. The summed E-state index contributed by atoms with van der Waals surface area (Å²) in [6, 6.07) is 8.97. The molecule has 0 spiro atoms. The van der Waals surface area contributed by atoms with Crippen LogP contribution in [0.5, 0.6) is 0 Å². The molecule has 1 rings (SSSR count). The van der Waals surface area contributed by atoms with Crippen molar-refractivity contribution in [2.24, 2.45) is 0 Å². The van der Waals surface area contributed by atoms with Crippen molar-refractivity contribution in [3.63, 3.8) is 0 Å². The van der Waals surface area contributed by atoms with Gasteiger partial charge in [-0.1, -0.05) is 32.0 Å². The summed E-state index contributed by atoms with van der Waals surface area (Å²) in [4.78, 5) is 2.25. The highest BCUT2D eigenvalue weighted by molar-refractivity contribution is 5.52. The maximum atomic E-state index is 9.33. The predicted molar refractivity (Wildman–Crippen MR) is 78.2 cm³/mol. The van der Waals surface area contributed by atoms with Gasteiger partial charge >= 0.3 is 0 Å². The van der Waals surface area contributed by atoms with Crippen LogP contribution in [0.2, 0.25) is 0 Å². The van der Waals surface area contributed by atoms with Crippen LogP contribution in [0.25, 0.3) is 0 Å². The summed E-state index contributed by atoms with van der Waals surface area (Å²) in [5, 5.41) is 12.7. The van der Waals surface area contributed by atoms with E-state index >= 15 is 0 Å². The minimum atomic E-state index is 0.177. The molecule has 102 valence electrons. The van der Waals surface area contributed by atoms with E-state index in [-0.39, 0.29) is 12.6 Å². The summed E-state index contributed by atoms with van der Waals surface area (Å²) in [6.07, 6.45) is 0.944. The second kappa shape index (κ2) is 7.39. The van der Waals surface area contributed by atoms with E-state index in [1.807, 2.05) is 0 Å². The number of aliphatic hydroxyl groups is 1. The molecular formula is C15H26N2O. The first kappa shape index (κ1) is 15.0. The number of nitrogens with zero attached hydrogens (tertiary/aromatic N) is 1. The van der Waals surface area contributed by atoms with E-state index in [0.717, 1.165) is 13.0 Å². The van der Waals surface area contributed by atoms with Crippen LogP contribution in [-0.2, 0) is 0 Å². The first-order valence-corrected chi connectivity index (χ1v) is 6.68. The van der Waals surface area contributed by atoms with Crippen molar-refractivity contribution in [1.82, 2.24) is 5.32 Å². The van der Waals surface area contributed by atoms with E-state index in [1.165, 1.54) is 11.3 Å². The number of benzene rings is 1. The Bertz CT molecular complexity index is 352. The first-order chi connectivity index (χ1) is 8.54. The van der Waals surface area contributed by atoms with Gasteiger partial charge in [-0.2, -0.15) is 0 Å². The molecule has 0 heterocycles. The fourth-order valence-corrected chi connectivity index (χ4v) is 2.16. The van der Waals surface area contributed by atoms with Crippen LogP contribution < -0.4 is 10.2 Å². The summed E-state index contributed by atoms with van der Waals surface area (Å²) in [7, 11) is 2.10. The van der Waals surface area contributed by atoms with Gasteiger partial charge in [0.05, 0.1) is 6.61 Å². The molecule has 0 aliphatic rings. The van der Waals surface area contributed by atoms with Crippen molar-refractivity contribution in [3.8, 4) is 0 Å². The fourth-order valence-electron chi connectivity index (χ4n) is 2.16. The zero-order chi connectivity index (χ0) is 13.5. The second-order valence-corrected chi connectivity index (χ2v) is 5.20. The number of para-hydroxylation sites is 1. The third-order valence-electron chi connectivity index (χ3n) is 3.13. The first-order valence-electron chi connectivity index (χ1n) is 6.68. The highest BCUT2D eigenvalue weighted by Gasteiger charge is 2.10. The molecule has 3 nitrogen and oxygen atoms in total. The van der Waals surface area contributed by atoms with Gasteiger partial charge in [-0.3, -0.25) is 0 Å². The summed E-state index contributed by atoms with van der Waals surface area (Å²) < 4.78 is 0. The Morgan fingerprint density at radius 1 is 1.28 bits per heavy atom. The molecule has 1 atom stereocenters. The second-order valence-electron chi connectivity index (χ2n) is 5.20. The van der Waals surface area contributed by atoms with Gasteiger partial charge in [-0.05, 0) is 25.0 Å². The fraction of sp³-hybridized carbons (Fsp3) is 0.600. The molecule has 0 aliphatic heterocycles. The number of hydrogen-bond donors (Lipinski definition) is 2. The highest BCUT2D eigenvalue weighted by Crippen LogP contribution is 2.18. The summed E-state index contributed by atoms with van der Waals surface area (Å²) in [5.41, 5.74) is 2.55. The van der Waals surface area contributed by atoms with Gasteiger partial charge in [0.25, 0.3) is 0 Å². The molecule has 2 N–H and O–H groups in total. The molecule has 1 unspecified atom stereocenters. The van der Waals surface area contributed by atoms with Gasteiger partial charge in [-0.25, -0.2) is 0 Å². The number of aryl methyl sites for hydroxylation is 1. The third kappa shape index (κ3) is 4.67. The van der Waals surface area contributed by atoms with E-state index in [0.29, 0.717) is 6.04 Å². The van der Waals surface area contributed by atoms with E-state index in [9.17, 15) is 5.11 Å². The van der Waals surface area contributed by atoms with Crippen LogP contribution in [-0.4, -0.2) is 37.4 Å². The minimum absolute atomic E-state index is 0.177. The van der Waals surface area contributed by atoms with E-state index < -0.39 is 0 Å². The lowest BCUT2D eigenvalue weighted by molar-refractivity contribution is 0.229. The van der Waals surface area contributed by atoms with Crippen molar-refractivity contribution in [2.75, 3.05) is 25.1 Å². The largest absolute Gasteiger partial charge is 0.395 e. The summed E-state index contributed by atoms with van der Waals surface area (Å²) in [5.74, 6) is 0. The van der Waals surface area contributed by atoms with Crippen LogP contribution in [0, 0.1) is 6.92 Å². The number of hydrogen-bond acceptors (Lipinski definition) is 3. The number of rotatable bonds is 7. The normalized spacial score (nSPS) is 12.8. The molecule has 18 heavy (non-hydrogen) atoms. The SMILES string of the molecule is Cc1ccccc1N(C)CCC(CO)NC(C)C. The Balaban J connectivity index is 2.50. The van der Waals surface area contributed by atoms with Crippen molar-refractivity contribution in [1.29, 1.82) is 0 Å².